The summed E-state index contributed by atoms with van der Waals surface area (Å²) >= 11 is 5.82. The SMILES string of the molecule is O=C(CCc1ccc(Cl)cc1)NCCNC(=O)CN1C(=O)c2ccccc2C1=O. The molecule has 4 amide bonds. The van der Waals surface area contributed by atoms with E-state index in [1.165, 1.54) is 0 Å². The van der Waals surface area contributed by atoms with E-state index >= 15 is 0 Å². The maximum atomic E-state index is 12.2. The highest BCUT2D eigenvalue weighted by Gasteiger charge is 2.36. The molecule has 8 heteroatoms. The van der Waals surface area contributed by atoms with Gasteiger partial charge in [0.15, 0.2) is 0 Å². The average molecular weight is 414 g/mol. The number of fused-ring (bicyclic) bond motifs is 1. The van der Waals surface area contributed by atoms with Gasteiger partial charge >= 0.3 is 0 Å². The molecule has 0 saturated heterocycles. The number of carbonyl (C=O) groups excluding carboxylic acids is 4. The van der Waals surface area contributed by atoms with Gasteiger partial charge in [-0.25, -0.2) is 0 Å². The lowest BCUT2D eigenvalue weighted by atomic mass is 10.1. The molecule has 2 aromatic rings. The van der Waals surface area contributed by atoms with Gasteiger partial charge in [0.2, 0.25) is 11.8 Å². The van der Waals surface area contributed by atoms with Crippen molar-refractivity contribution in [1.29, 1.82) is 0 Å². The van der Waals surface area contributed by atoms with E-state index in [0.29, 0.717) is 29.0 Å². The summed E-state index contributed by atoms with van der Waals surface area (Å²) in [6, 6.07) is 13.8. The van der Waals surface area contributed by atoms with Crippen molar-refractivity contribution in [2.45, 2.75) is 12.8 Å². The Morgan fingerprint density at radius 2 is 1.38 bits per heavy atom. The summed E-state index contributed by atoms with van der Waals surface area (Å²) in [5, 5.41) is 5.96. The lowest BCUT2D eigenvalue weighted by molar-refractivity contribution is -0.123. The minimum atomic E-state index is -0.476. The van der Waals surface area contributed by atoms with Crippen molar-refractivity contribution >= 4 is 35.2 Å². The first-order valence-electron chi connectivity index (χ1n) is 9.19. The second kappa shape index (κ2) is 9.34. The number of carbonyl (C=O) groups is 4. The van der Waals surface area contributed by atoms with Crippen LogP contribution >= 0.6 is 11.6 Å². The first-order valence-corrected chi connectivity index (χ1v) is 9.56. The summed E-state index contributed by atoms with van der Waals surface area (Å²) in [6.45, 7) is 0.110. The van der Waals surface area contributed by atoms with Gasteiger partial charge in [-0.1, -0.05) is 35.9 Å². The fraction of sp³-hybridized carbons (Fsp3) is 0.238. The number of imide groups is 1. The number of nitrogens with one attached hydrogen (secondary N) is 2. The van der Waals surface area contributed by atoms with Crippen LogP contribution < -0.4 is 10.6 Å². The van der Waals surface area contributed by atoms with E-state index in [0.717, 1.165) is 10.5 Å². The van der Waals surface area contributed by atoms with Crippen molar-refractivity contribution in [3.8, 4) is 0 Å². The predicted molar refractivity (Wildman–Crippen MR) is 108 cm³/mol. The van der Waals surface area contributed by atoms with Crippen LogP contribution in [-0.4, -0.2) is 48.2 Å². The summed E-state index contributed by atoms with van der Waals surface area (Å²) in [4.78, 5) is 49.3. The highest BCUT2D eigenvalue weighted by molar-refractivity contribution is 6.30. The Bertz CT molecular complexity index is 908. The van der Waals surface area contributed by atoms with Crippen LogP contribution in [0.25, 0.3) is 0 Å². The van der Waals surface area contributed by atoms with Gasteiger partial charge < -0.3 is 10.6 Å². The van der Waals surface area contributed by atoms with Crippen LogP contribution in [0.15, 0.2) is 48.5 Å². The molecule has 0 saturated carbocycles. The number of halogens is 1. The molecule has 0 aromatic heterocycles. The van der Waals surface area contributed by atoms with Crippen LogP contribution in [0, 0.1) is 0 Å². The molecule has 1 aliphatic rings. The van der Waals surface area contributed by atoms with Gasteiger partial charge in [0, 0.05) is 24.5 Å². The van der Waals surface area contributed by atoms with Gasteiger partial charge in [0.25, 0.3) is 11.8 Å². The number of nitrogens with zero attached hydrogens (tertiary/aromatic N) is 1. The first-order chi connectivity index (χ1) is 14.0. The molecule has 0 spiro atoms. The van der Waals surface area contributed by atoms with Gasteiger partial charge in [-0.05, 0) is 36.2 Å². The highest BCUT2D eigenvalue weighted by Crippen LogP contribution is 2.21. The number of rotatable bonds is 8. The van der Waals surface area contributed by atoms with E-state index in [1.54, 1.807) is 36.4 Å². The number of aryl methyl sites for hydroxylation is 1. The topological polar surface area (TPSA) is 95.6 Å². The molecule has 150 valence electrons. The standard InChI is InChI=1S/C21H20ClN3O4/c22-15-8-5-14(6-9-15)7-10-18(26)23-11-12-24-19(27)13-25-20(28)16-3-1-2-4-17(16)21(25)29/h1-6,8-9H,7,10-13H2,(H,23,26)(H,24,27). The number of hydrogen-bond acceptors (Lipinski definition) is 4. The molecule has 0 aliphatic carbocycles. The minimum Gasteiger partial charge on any atom is -0.354 e. The van der Waals surface area contributed by atoms with E-state index in [9.17, 15) is 19.2 Å². The second-order valence-electron chi connectivity index (χ2n) is 6.57. The zero-order valence-corrected chi connectivity index (χ0v) is 16.4. The van der Waals surface area contributed by atoms with Gasteiger partial charge in [0.1, 0.15) is 6.54 Å². The van der Waals surface area contributed by atoms with Gasteiger partial charge in [0.05, 0.1) is 11.1 Å². The van der Waals surface area contributed by atoms with Crippen LogP contribution in [0.1, 0.15) is 32.7 Å². The molecule has 0 fully saturated rings. The zero-order chi connectivity index (χ0) is 20.8. The molecule has 0 radical (unpaired) electrons. The molecule has 1 aliphatic heterocycles. The Morgan fingerprint density at radius 3 is 1.97 bits per heavy atom. The van der Waals surface area contributed by atoms with Crippen molar-refractivity contribution in [3.63, 3.8) is 0 Å². The molecule has 0 unspecified atom stereocenters. The smallest absolute Gasteiger partial charge is 0.262 e. The zero-order valence-electron chi connectivity index (χ0n) is 15.6. The normalized spacial score (nSPS) is 12.7. The second-order valence-corrected chi connectivity index (χ2v) is 7.00. The Morgan fingerprint density at radius 1 is 0.828 bits per heavy atom. The molecule has 1 heterocycles. The van der Waals surface area contributed by atoms with Crippen LogP contribution in [0.3, 0.4) is 0 Å². The van der Waals surface area contributed by atoms with E-state index in [2.05, 4.69) is 10.6 Å². The van der Waals surface area contributed by atoms with Crippen molar-refractivity contribution < 1.29 is 19.2 Å². The van der Waals surface area contributed by atoms with Crippen LogP contribution in [0.5, 0.6) is 0 Å². The molecular weight excluding hydrogens is 394 g/mol. The molecule has 3 rings (SSSR count). The summed E-state index contributed by atoms with van der Waals surface area (Å²) in [6.07, 6.45) is 0.916. The summed E-state index contributed by atoms with van der Waals surface area (Å²) in [5.41, 5.74) is 1.62. The van der Waals surface area contributed by atoms with Gasteiger partial charge in [-0.2, -0.15) is 0 Å². The predicted octanol–water partition coefficient (Wildman–Crippen LogP) is 1.80. The van der Waals surface area contributed by atoms with Crippen molar-refractivity contribution in [3.05, 3.63) is 70.2 Å². The molecule has 0 atom stereocenters. The third kappa shape index (κ3) is 5.20. The van der Waals surface area contributed by atoms with E-state index in [4.69, 9.17) is 11.6 Å². The summed E-state index contributed by atoms with van der Waals surface area (Å²) in [5.74, 6) is -1.54. The fourth-order valence-electron chi connectivity index (χ4n) is 2.98. The first kappa shape index (κ1) is 20.5. The van der Waals surface area contributed by atoms with Crippen LogP contribution in [0.4, 0.5) is 0 Å². The van der Waals surface area contributed by atoms with E-state index < -0.39 is 17.7 Å². The maximum Gasteiger partial charge on any atom is 0.262 e. The van der Waals surface area contributed by atoms with Crippen molar-refractivity contribution in [2.24, 2.45) is 0 Å². The summed E-state index contributed by atoms with van der Waals surface area (Å²) < 4.78 is 0. The third-order valence-corrected chi connectivity index (χ3v) is 4.76. The summed E-state index contributed by atoms with van der Waals surface area (Å²) in [7, 11) is 0. The number of benzene rings is 2. The molecule has 2 aromatic carbocycles. The van der Waals surface area contributed by atoms with Gasteiger partial charge in [-0.15, -0.1) is 0 Å². The molecule has 29 heavy (non-hydrogen) atoms. The van der Waals surface area contributed by atoms with Crippen LogP contribution in [0.2, 0.25) is 5.02 Å². The maximum absolute atomic E-state index is 12.2. The molecule has 7 nitrogen and oxygen atoms in total. The van der Waals surface area contributed by atoms with Crippen LogP contribution in [-0.2, 0) is 16.0 Å². The number of hydrogen-bond donors (Lipinski definition) is 2. The van der Waals surface area contributed by atoms with Gasteiger partial charge in [-0.3, -0.25) is 24.1 Å². The Hall–Kier alpha value is -3.19. The van der Waals surface area contributed by atoms with Crippen molar-refractivity contribution in [1.82, 2.24) is 15.5 Å². The Labute approximate surface area is 173 Å². The quantitative estimate of drug-likeness (QED) is 0.509. The highest BCUT2D eigenvalue weighted by atomic mass is 35.5. The van der Waals surface area contributed by atoms with E-state index in [-0.39, 0.29) is 25.5 Å². The Balaban J connectivity index is 1.35. The monoisotopic (exact) mass is 413 g/mol. The lowest BCUT2D eigenvalue weighted by Gasteiger charge is -2.13. The Kier molecular flexibility index (Phi) is 6.61. The molecule has 2 N–H and O–H groups in total. The largest absolute Gasteiger partial charge is 0.354 e. The molecule has 0 bridgehead atoms. The lowest BCUT2D eigenvalue weighted by Crippen LogP contribution is -2.42. The fourth-order valence-corrected chi connectivity index (χ4v) is 3.11. The van der Waals surface area contributed by atoms with E-state index in [1.807, 2.05) is 12.1 Å². The average Bonchev–Trinajstić information content (AvgIpc) is 2.96. The third-order valence-electron chi connectivity index (χ3n) is 4.50. The number of amides is 4. The molecular formula is C21H20ClN3O4. The van der Waals surface area contributed by atoms with Crippen molar-refractivity contribution in [2.75, 3.05) is 19.6 Å². The minimum absolute atomic E-state index is 0.130.